The van der Waals surface area contributed by atoms with Crippen LogP contribution < -0.4 is 15.8 Å². The largest absolute Gasteiger partial charge is 0.491 e. The molecule has 11 heteroatoms. The molecule has 0 saturated carbocycles. The third-order valence-corrected chi connectivity index (χ3v) is 3.17. The highest BCUT2D eigenvalue weighted by molar-refractivity contribution is 6.12. The van der Waals surface area contributed by atoms with E-state index >= 15 is 0 Å². The zero-order valence-corrected chi connectivity index (χ0v) is 12.1. The lowest BCUT2D eigenvalue weighted by Crippen LogP contribution is -2.17. The van der Waals surface area contributed by atoms with Gasteiger partial charge in [0.15, 0.2) is 23.2 Å². The summed E-state index contributed by atoms with van der Waals surface area (Å²) in [5.41, 5.74) is 3.70. The summed E-state index contributed by atoms with van der Waals surface area (Å²) in [5.74, 6) is -5.56. The Morgan fingerprint density at radius 2 is 2.08 bits per heavy atom. The quantitative estimate of drug-likeness (QED) is 0.561. The molecular formula is C13H10F2N6O3. The lowest BCUT2D eigenvalue weighted by atomic mass is 10.1. The fourth-order valence-electron chi connectivity index (χ4n) is 2.15. The Labute approximate surface area is 132 Å². The molecule has 2 heterocycles. The summed E-state index contributed by atoms with van der Waals surface area (Å²) in [6.45, 7) is 0. The Morgan fingerprint density at radius 1 is 1.33 bits per heavy atom. The normalized spacial score (nSPS) is 10.8. The van der Waals surface area contributed by atoms with Crippen LogP contribution in [0.1, 0.15) is 21.0 Å². The second kappa shape index (κ2) is 5.61. The van der Waals surface area contributed by atoms with Gasteiger partial charge >= 0.3 is 0 Å². The molecule has 24 heavy (non-hydrogen) atoms. The average Bonchev–Trinajstić information content (AvgIpc) is 3.17. The van der Waals surface area contributed by atoms with Gasteiger partial charge in [-0.05, 0) is 0 Å². The number of aromatic amines is 2. The summed E-state index contributed by atoms with van der Waals surface area (Å²) in [6, 6.07) is 0. The highest BCUT2D eigenvalue weighted by atomic mass is 19.1. The molecule has 124 valence electrons. The maximum atomic E-state index is 14.5. The van der Waals surface area contributed by atoms with Crippen molar-refractivity contribution >= 4 is 28.8 Å². The van der Waals surface area contributed by atoms with Gasteiger partial charge in [-0.25, -0.2) is 18.7 Å². The number of fused-ring (bicyclic) bond motifs is 1. The number of imidazole rings is 2. The van der Waals surface area contributed by atoms with E-state index in [2.05, 4.69) is 30.0 Å². The Kier molecular flexibility index (Phi) is 3.60. The van der Waals surface area contributed by atoms with Crippen LogP contribution in [0.3, 0.4) is 0 Å². The Hall–Kier alpha value is -3.50. The number of methoxy groups -OCH3 is 1. The topological polar surface area (TPSA) is 139 Å². The fraction of sp³-hybridized carbons (Fsp3) is 0.0769. The lowest BCUT2D eigenvalue weighted by Gasteiger charge is -2.09. The van der Waals surface area contributed by atoms with Crippen LogP contribution >= 0.6 is 0 Å². The number of amides is 2. The van der Waals surface area contributed by atoms with E-state index in [-0.39, 0.29) is 11.5 Å². The van der Waals surface area contributed by atoms with Crippen LogP contribution in [0.4, 0.5) is 14.7 Å². The van der Waals surface area contributed by atoms with Gasteiger partial charge in [-0.1, -0.05) is 0 Å². The van der Waals surface area contributed by atoms with Crippen molar-refractivity contribution in [2.75, 3.05) is 12.4 Å². The van der Waals surface area contributed by atoms with Crippen molar-refractivity contribution in [1.29, 1.82) is 0 Å². The first-order valence-corrected chi connectivity index (χ1v) is 6.49. The maximum Gasteiger partial charge on any atom is 0.284 e. The Bertz CT molecular complexity index is 951. The molecule has 2 aromatic heterocycles. The number of carbonyl (C=O) groups excluding carboxylic acids is 2. The number of H-pyrrole nitrogens is 2. The molecule has 0 spiro atoms. The SMILES string of the molecule is COc1c(F)c(C(=O)Nc2ncc[nH]2)c2[nH]c(C(N)=O)nc2c1F. The number of anilines is 1. The molecule has 0 unspecified atom stereocenters. The first-order chi connectivity index (χ1) is 11.4. The van der Waals surface area contributed by atoms with Crippen LogP contribution in [0.2, 0.25) is 0 Å². The monoisotopic (exact) mass is 336 g/mol. The van der Waals surface area contributed by atoms with E-state index in [1.54, 1.807) is 0 Å². The number of carbonyl (C=O) groups is 2. The molecule has 2 amide bonds. The number of hydrogen-bond donors (Lipinski definition) is 4. The number of nitrogens with zero attached hydrogens (tertiary/aromatic N) is 2. The van der Waals surface area contributed by atoms with Crippen molar-refractivity contribution < 1.29 is 23.1 Å². The average molecular weight is 336 g/mol. The molecule has 0 aliphatic rings. The van der Waals surface area contributed by atoms with Gasteiger partial charge in [0.25, 0.3) is 11.8 Å². The van der Waals surface area contributed by atoms with Crippen LogP contribution in [0.5, 0.6) is 5.75 Å². The minimum absolute atomic E-state index is 0.0467. The highest BCUT2D eigenvalue weighted by Crippen LogP contribution is 2.32. The number of rotatable bonds is 4. The maximum absolute atomic E-state index is 14.5. The number of ether oxygens (including phenoxy) is 1. The van der Waals surface area contributed by atoms with Gasteiger partial charge in [0.05, 0.1) is 12.6 Å². The van der Waals surface area contributed by atoms with Gasteiger partial charge in [0, 0.05) is 12.4 Å². The van der Waals surface area contributed by atoms with Crippen LogP contribution in [0.15, 0.2) is 12.4 Å². The molecule has 0 aliphatic heterocycles. The number of nitrogens with two attached hydrogens (primary N) is 1. The summed E-state index contributed by atoms with van der Waals surface area (Å²) < 4.78 is 33.5. The van der Waals surface area contributed by atoms with Crippen molar-refractivity contribution in [3.63, 3.8) is 0 Å². The summed E-state index contributed by atoms with van der Waals surface area (Å²) in [6.07, 6.45) is 2.81. The summed E-state index contributed by atoms with van der Waals surface area (Å²) >= 11 is 0. The fourth-order valence-corrected chi connectivity index (χ4v) is 2.15. The minimum atomic E-state index is -1.26. The minimum Gasteiger partial charge on any atom is -0.491 e. The zero-order valence-electron chi connectivity index (χ0n) is 12.1. The number of nitrogens with one attached hydrogen (secondary N) is 3. The summed E-state index contributed by atoms with van der Waals surface area (Å²) in [7, 11) is 1.03. The molecule has 0 radical (unpaired) electrons. The molecular weight excluding hydrogens is 326 g/mol. The smallest absolute Gasteiger partial charge is 0.284 e. The number of hydrogen-bond acceptors (Lipinski definition) is 5. The predicted molar refractivity (Wildman–Crippen MR) is 77.6 cm³/mol. The van der Waals surface area contributed by atoms with Gasteiger partial charge in [0.2, 0.25) is 5.95 Å². The van der Waals surface area contributed by atoms with Crippen LogP contribution in [-0.4, -0.2) is 38.9 Å². The van der Waals surface area contributed by atoms with Gasteiger partial charge < -0.3 is 20.4 Å². The van der Waals surface area contributed by atoms with Crippen LogP contribution in [0.25, 0.3) is 11.0 Å². The molecule has 0 atom stereocenters. The van der Waals surface area contributed by atoms with E-state index in [4.69, 9.17) is 5.73 Å². The number of benzene rings is 1. The molecule has 3 rings (SSSR count). The van der Waals surface area contributed by atoms with Crippen molar-refractivity contribution in [3.05, 3.63) is 35.4 Å². The van der Waals surface area contributed by atoms with E-state index < -0.39 is 46.1 Å². The first kappa shape index (κ1) is 15.4. The standard InChI is InChI=1S/C13H10F2N6O3/c1-24-9-5(14)4(12(23)21-13-17-2-3-18-13)7-8(6(9)15)20-11(19-7)10(16)22/h2-3H,1H3,(H2,16,22)(H,19,20)(H2,17,18,21,23). The molecule has 0 fully saturated rings. The summed E-state index contributed by atoms with van der Waals surface area (Å²) in [5, 5.41) is 2.29. The van der Waals surface area contributed by atoms with E-state index in [1.165, 1.54) is 12.4 Å². The van der Waals surface area contributed by atoms with Gasteiger partial charge in [-0.15, -0.1) is 0 Å². The molecule has 1 aromatic carbocycles. The lowest BCUT2D eigenvalue weighted by molar-refractivity contribution is 0.0988. The highest BCUT2D eigenvalue weighted by Gasteiger charge is 2.28. The Balaban J connectivity index is 2.24. The number of aromatic nitrogens is 4. The first-order valence-electron chi connectivity index (χ1n) is 6.49. The molecule has 5 N–H and O–H groups in total. The van der Waals surface area contributed by atoms with Crippen LogP contribution in [0, 0.1) is 11.6 Å². The summed E-state index contributed by atoms with van der Waals surface area (Å²) in [4.78, 5) is 35.9. The third kappa shape index (κ3) is 2.31. The van der Waals surface area contributed by atoms with Crippen LogP contribution in [-0.2, 0) is 0 Å². The second-order valence-corrected chi connectivity index (χ2v) is 4.60. The molecule has 3 aromatic rings. The number of halogens is 2. The predicted octanol–water partition coefficient (Wildman–Crippen LogP) is 0.924. The van der Waals surface area contributed by atoms with Crippen molar-refractivity contribution in [1.82, 2.24) is 19.9 Å². The van der Waals surface area contributed by atoms with E-state index in [0.717, 1.165) is 7.11 Å². The van der Waals surface area contributed by atoms with E-state index in [9.17, 15) is 18.4 Å². The van der Waals surface area contributed by atoms with Gasteiger partial charge in [-0.2, -0.15) is 0 Å². The van der Waals surface area contributed by atoms with Gasteiger partial charge in [0.1, 0.15) is 11.1 Å². The molecule has 0 saturated heterocycles. The zero-order chi connectivity index (χ0) is 17.4. The van der Waals surface area contributed by atoms with E-state index in [1.807, 2.05) is 0 Å². The molecule has 0 aliphatic carbocycles. The third-order valence-electron chi connectivity index (χ3n) is 3.17. The molecule has 9 nitrogen and oxygen atoms in total. The second-order valence-electron chi connectivity index (χ2n) is 4.60. The van der Waals surface area contributed by atoms with Crippen molar-refractivity contribution in [2.24, 2.45) is 5.73 Å². The van der Waals surface area contributed by atoms with Crippen molar-refractivity contribution in [3.8, 4) is 5.75 Å². The molecule has 0 bridgehead atoms. The van der Waals surface area contributed by atoms with Crippen molar-refractivity contribution in [2.45, 2.75) is 0 Å². The number of primary amides is 1. The Morgan fingerprint density at radius 3 is 2.67 bits per heavy atom. The van der Waals surface area contributed by atoms with Gasteiger partial charge in [-0.3, -0.25) is 14.9 Å². The van der Waals surface area contributed by atoms with E-state index in [0.29, 0.717) is 0 Å².